The topological polar surface area (TPSA) is 34.1 Å². The van der Waals surface area contributed by atoms with E-state index in [-0.39, 0.29) is 0 Å². The molecule has 3 rings (SSSR count). The molecule has 1 saturated carbocycles. The summed E-state index contributed by atoms with van der Waals surface area (Å²) in [5.74, 6) is 2.36. The molecule has 2 aliphatic heterocycles. The number of likely N-dealkylation sites (N-methyl/N-ethyl adjacent to an activating group) is 1. The lowest BCUT2D eigenvalue weighted by Gasteiger charge is -2.45. The first-order chi connectivity index (χ1) is 12.1. The van der Waals surface area contributed by atoms with Crippen molar-refractivity contribution in [1.29, 1.82) is 0 Å². The van der Waals surface area contributed by atoms with Crippen molar-refractivity contribution >= 4 is 17.7 Å². The van der Waals surface area contributed by atoms with Crippen molar-refractivity contribution in [3.8, 4) is 0 Å². The van der Waals surface area contributed by atoms with Gasteiger partial charge in [0.05, 0.1) is 0 Å². The molecule has 5 nitrogen and oxygen atoms in total. The van der Waals surface area contributed by atoms with Gasteiger partial charge in [-0.3, -0.25) is 9.89 Å². The van der Waals surface area contributed by atoms with Crippen LogP contribution in [0.15, 0.2) is 4.99 Å². The van der Waals surface area contributed by atoms with Crippen molar-refractivity contribution in [2.45, 2.75) is 49.8 Å². The number of thioether (sulfide) groups is 1. The van der Waals surface area contributed by atoms with Gasteiger partial charge in [-0.2, -0.15) is 11.8 Å². The molecule has 0 bridgehead atoms. The Labute approximate surface area is 158 Å². The molecule has 0 amide bonds. The molecule has 1 unspecified atom stereocenters. The fourth-order valence-corrected chi connectivity index (χ4v) is 6.06. The van der Waals surface area contributed by atoms with Crippen LogP contribution in [0.3, 0.4) is 0 Å². The Balaban J connectivity index is 1.50. The largest absolute Gasteiger partial charge is 0.355 e. The molecule has 2 saturated heterocycles. The van der Waals surface area contributed by atoms with Gasteiger partial charge in [-0.05, 0) is 26.8 Å². The fourth-order valence-electron chi connectivity index (χ4n) is 4.49. The fraction of sp³-hybridized carbons (Fsp3) is 0.947. The lowest BCUT2D eigenvalue weighted by molar-refractivity contribution is 0.119. The van der Waals surface area contributed by atoms with Gasteiger partial charge in [0.25, 0.3) is 0 Å². The van der Waals surface area contributed by atoms with Crippen LogP contribution in [0, 0.1) is 0 Å². The number of hydrogen-bond donors (Lipinski definition) is 1. The van der Waals surface area contributed by atoms with Gasteiger partial charge in [-0.1, -0.05) is 19.3 Å². The van der Waals surface area contributed by atoms with Gasteiger partial charge in [-0.25, -0.2) is 0 Å². The Hall–Kier alpha value is -0.460. The van der Waals surface area contributed by atoms with E-state index in [1.165, 1.54) is 70.6 Å². The molecular weight excluding hydrogens is 330 g/mol. The SMILES string of the molecule is CN=C(NCC(C)N1CCN(C)CC1)N1CCSC2(CCCCC2)C1. The lowest BCUT2D eigenvalue weighted by atomic mass is 9.87. The Morgan fingerprint density at radius 3 is 2.52 bits per heavy atom. The highest BCUT2D eigenvalue weighted by Crippen LogP contribution is 2.42. The van der Waals surface area contributed by atoms with Gasteiger partial charge in [0.15, 0.2) is 5.96 Å². The van der Waals surface area contributed by atoms with Crippen LogP contribution in [0.2, 0.25) is 0 Å². The second-order valence-corrected chi connectivity index (χ2v) is 9.69. The van der Waals surface area contributed by atoms with Gasteiger partial charge < -0.3 is 15.1 Å². The van der Waals surface area contributed by atoms with E-state index in [4.69, 9.17) is 0 Å². The normalized spacial score (nSPS) is 27.5. The number of nitrogens with zero attached hydrogens (tertiary/aromatic N) is 4. The standard InChI is InChI=1S/C19H37N5S/c1-17(23-11-9-22(3)10-12-23)15-21-18(20-2)24-13-14-25-19(16-24)7-5-4-6-8-19/h17H,4-16H2,1-3H3,(H,20,21). The molecule has 1 spiro atoms. The number of piperazine rings is 1. The lowest BCUT2D eigenvalue weighted by Crippen LogP contribution is -2.56. The minimum atomic E-state index is 0.497. The summed E-state index contributed by atoms with van der Waals surface area (Å²) >= 11 is 2.23. The van der Waals surface area contributed by atoms with Crippen LogP contribution in [0.5, 0.6) is 0 Å². The zero-order valence-electron chi connectivity index (χ0n) is 16.5. The third-order valence-electron chi connectivity index (χ3n) is 6.24. The number of guanidine groups is 1. The van der Waals surface area contributed by atoms with Crippen molar-refractivity contribution in [2.75, 3.05) is 65.7 Å². The maximum absolute atomic E-state index is 4.61. The zero-order chi connectivity index (χ0) is 17.7. The van der Waals surface area contributed by atoms with E-state index >= 15 is 0 Å². The van der Waals surface area contributed by atoms with E-state index in [9.17, 15) is 0 Å². The first kappa shape index (κ1) is 19.3. The summed E-state index contributed by atoms with van der Waals surface area (Å²) < 4.78 is 0.497. The summed E-state index contributed by atoms with van der Waals surface area (Å²) in [6, 6.07) is 0.563. The highest BCUT2D eigenvalue weighted by molar-refractivity contribution is 8.00. The van der Waals surface area contributed by atoms with Crippen molar-refractivity contribution in [2.24, 2.45) is 4.99 Å². The summed E-state index contributed by atoms with van der Waals surface area (Å²) in [7, 11) is 4.16. The average molecular weight is 368 g/mol. The number of nitrogens with one attached hydrogen (secondary N) is 1. The monoisotopic (exact) mass is 367 g/mol. The maximum Gasteiger partial charge on any atom is 0.193 e. The van der Waals surface area contributed by atoms with Crippen molar-refractivity contribution < 1.29 is 0 Å². The van der Waals surface area contributed by atoms with Crippen LogP contribution in [-0.4, -0.2) is 97.1 Å². The first-order valence-corrected chi connectivity index (χ1v) is 11.1. The molecule has 0 radical (unpaired) electrons. The number of aliphatic imine (C=N–C) groups is 1. The number of rotatable bonds is 3. The second kappa shape index (κ2) is 8.96. The van der Waals surface area contributed by atoms with Crippen LogP contribution < -0.4 is 5.32 Å². The summed E-state index contributed by atoms with van der Waals surface area (Å²) in [5, 5.41) is 3.68. The Kier molecular flexibility index (Phi) is 6.92. The molecule has 0 aromatic heterocycles. The molecule has 1 atom stereocenters. The van der Waals surface area contributed by atoms with Gasteiger partial charge in [-0.15, -0.1) is 0 Å². The van der Waals surface area contributed by atoms with Gasteiger partial charge >= 0.3 is 0 Å². The smallest absolute Gasteiger partial charge is 0.193 e. The highest BCUT2D eigenvalue weighted by Gasteiger charge is 2.38. The van der Waals surface area contributed by atoms with E-state index in [2.05, 4.69) is 50.7 Å². The first-order valence-electron chi connectivity index (χ1n) is 10.1. The number of hydrogen-bond acceptors (Lipinski definition) is 4. The molecule has 3 fully saturated rings. The van der Waals surface area contributed by atoms with E-state index < -0.39 is 0 Å². The predicted molar refractivity (Wildman–Crippen MR) is 110 cm³/mol. The summed E-state index contributed by atoms with van der Waals surface area (Å²) in [6.07, 6.45) is 7.03. The van der Waals surface area contributed by atoms with E-state index in [1.54, 1.807) is 0 Å². The van der Waals surface area contributed by atoms with Crippen molar-refractivity contribution in [3.63, 3.8) is 0 Å². The van der Waals surface area contributed by atoms with Crippen LogP contribution >= 0.6 is 11.8 Å². The van der Waals surface area contributed by atoms with Crippen molar-refractivity contribution in [1.82, 2.24) is 20.0 Å². The quantitative estimate of drug-likeness (QED) is 0.609. The molecule has 25 heavy (non-hydrogen) atoms. The summed E-state index contributed by atoms with van der Waals surface area (Å²) in [4.78, 5) is 12.2. The van der Waals surface area contributed by atoms with Crippen molar-refractivity contribution in [3.05, 3.63) is 0 Å². The van der Waals surface area contributed by atoms with Crippen LogP contribution in [0.1, 0.15) is 39.0 Å². The van der Waals surface area contributed by atoms with E-state index in [0.29, 0.717) is 10.8 Å². The predicted octanol–water partition coefficient (Wildman–Crippen LogP) is 1.95. The molecule has 0 aromatic carbocycles. The van der Waals surface area contributed by atoms with Crippen LogP contribution in [-0.2, 0) is 0 Å². The minimum absolute atomic E-state index is 0.497. The maximum atomic E-state index is 4.61. The van der Waals surface area contributed by atoms with E-state index in [1.807, 2.05) is 7.05 Å². The molecule has 2 heterocycles. The minimum Gasteiger partial charge on any atom is -0.355 e. The Bertz CT molecular complexity index is 436. The molecular formula is C19H37N5S. The van der Waals surface area contributed by atoms with Gasteiger partial charge in [0.1, 0.15) is 0 Å². The highest BCUT2D eigenvalue weighted by atomic mass is 32.2. The molecule has 0 aromatic rings. The van der Waals surface area contributed by atoms with Gasteiger partial charge in [0.2, 0.25) is 0 Å². The van der Waals surface area contributed by atoms with Crippen LogP contribution in [0.25, 0.3) is 0 Å². The summed E-state index contributed by atoms with van der Waals surface area (Å²) in [5.41, 5.74) is 0. The Morgan fingerprint density at radius 2 is 1.84 bits per heavy atom. The zero-order valence-corrected chi connectivity index (χ0v) is 17.3. The average Bonchev–Trinajstić information content (AvgIpc) is 2.63. The molecule has 6 heteroatoms. The second-order valence-electron chi connectivity index (χ2n) is 8.13. The Morgan fingerprint density at radius 1 is 1.12 bits per heavy atom. The molecule has 3 aliphatic rings. The molecule has 1 aliphatic carbocycles. The van der Waals surface area contributed by atoms with E-state index in [0.717, 1.165) is 19.0 Å². The van der Waals surface area contributed by atoms with Crippen LogP contribution in [0.4, 0.5) is 0 Å². The third kappa shape index (κ3) is 5.04. The van der Waals surface area contributed by atoms with Gasteiger partial charge in [0, 0.05) is 69.4 Å². The molecule has 1 N–H and O–H groups in total. The summed E-state index contributed by atoms with van der Waals surface area (Å²) in [6.45, 7) is 10.4. The molecule has 144 valence electrons. The third-order valence-corrected chi connectivity index (χ3v) is 7.78.